The lowest BCUT2D eigenvalue weighted by molar-refractivity contribution is -0.0782. The van der Waals surface area contributed by atoms with Crippen LogP contribution in [0.3, 0.4) is 0 Å². The normalized spacial score (nSPS) is 22.9. The van der Waals surface area contributed by atoms with Crippen LogP contribution in [-0.4, -0.2) is 45.7 Å². The molecule has 1 saturated carbocycles. The topological polar surface area (TPSA) is 97.4 Å². The molecule has 1 aliphatic carbocycles. The zero-order valence-electron chi connectivity index (χ0n) is 24.8. The number of nitrogens with one attached hydrogen (secondary N) is 1. The second-order valence-corrected chi connectivity index (χ2v) is 21.8. The van der Waals surface area contributed by atoms with Gasteiger partial charge in [0.2, 0.25) is 0 Å². The number of nitrogens with zero attached hydrogens (tertiary/aromatic N) is 2. The molecule has 1 saturated heterocycles. The smallest absolute Gasteiger partial charge is 0.136 e. The molecule has 2 heterocycles. The van der Waals surface area contributed by atoms with Gasteiger partial charge in [-0.2, -0.15) is 0 Å². The Hall–Kier alpha value is -0.943. The summed E-state index contributed by atoms with van der Waals surface area (Å²) in [5.74, 6) is 1.70. The van der Waals surface area contributed by atoms with Crippen molar-refractivity contribution >= 4 is 30.5 Å². The molecule has 2 aliphatic rings. The van der Waals surface area contributed by atoms with Crippen LogP contribution in [0.5, 0.6) is 0 Å². The first kappa shape index (κ1) is 30.0. The van der Waals surface area contributed by atoms with Crippen molar-refractivity contribution in [1.82, 2.24) is 14.3 Å². The van der Waals surface area contributed by atoms with E-state index >= 15 is 0 Å². The molecule has 1 aliphatic heterocycles. The Morgan fingerprint density at radius 3 is 2.55 bits per heavy atom. The Morgan fingerprint density at radius 2 is 1.95 bits per heavy atom. The van der Waals surface area contributed by atoms with Crippen LogP contribution in [0.25, 0.3) is 11.0 Å². The van der Waals surface area contributed by atoms with Gasteiger partial charge in [0, 0.05) is 38.7 Å². The third kappa shape index (κ3) is 7.62. The lowest BCUT2D eigenvalue weighted by atomic mass is 9.83. The van der Waals surface area contributed by atoms with Gasteiger partial charge in [-0.25, -0.2) is 4.98 Å². The maximum Gasteiger partial charge on any atom is 0.136 e. The molecular formula is C29H50N4O3SSi. The van der Waals surface area contributed by atoms with Gasteiger partial charge in [0.25, 0.3) is 0 Å². The number of hydrogen-bond donors (Lipinski definition) is 2. The largest absolute Gasteiger partial charge is 0.598 e. The molecule has 3 unspecified atom stereocenters. The Kier molecular flexibility index (Phi) is 9.09. The van der Waals surface area contributed by atoms with Crippen LogP contribution < -0.4 is 10.5 Å². The van der Waals surface area contributed by atoms with Crippen LogP contribution in [-0.2, 0) is 27.6 Å². The summed E-state index contributed by atoms with van der Waals surface area (Å²) in [5, 5.41) is 0. The molecule has 9 heteroatoms. The van der Waals surface area contributed by atoms with Gasteiger partial charge < -0.3 is 24.3 Å². The predicted octanol–water partition coefficient (Wildman–Crippen LogP) is 6.06. The molecule has 4 rings (SSSR count). The first-order valence-corrected chi connectivity index (χ1v) is 19.2. The summed E-state index contributed by atoms with van der Waals surface area (Å²) < 4.78 is 31.1. The summed E-state index contributed by atoms with van der Waals surface area (Å²) in [6, 6.07) is 7.44. The Labute approximate surface area is 233 Å². The van der Waals surface area contributed by atoms with Gasteiger partial charge in [0.1, 0.15) is 23.3 Å². The highest BCUT2D eigenvalue weighted by Crippen LogP contribution is 2.41. The van der Waals surface area contributed by atoms with Crippen LogP contribution in [0.4, 0.5) is 0 Å². The summed E-state index contributed by atoms with van der Waals surface area (Å²) in [6.07, 6.45) is 4.16. The maximum absolute atomic E-state index is 13.5. The predicted molar refractivity (Wildman–Crippen MR) is 160 cm³/mol. The van der Waals surface area contributed by atoms with Gasteiger partial charge in [-0.1, -0.05) is 25.7 Å². The van der Waals surface area contributed by atoms with E-state index in [1.54, 1.807) is 0 Å². The highest BCUT2D eigenvalue weighted by atomic mass is 32.2. The van der Waals surface area contributed by atoms with E-state index in [0.29, 0.717) is 19.3 Å². The van der Waals surface area contributed by atoms with Gasteiger partial charge in [-0.3, -0.25) is 0 Å². The lowest BCUT2D eigenvalue weighted by Gasteiger charge is -2.39. The Balaban J connectivity index is 1.74. The van der Waals surface area contributed by atoms with Crippen molar-refractivity contribution in [2.45, 2.75) is 115 Å². The molecular weight excluding hydrogens is 512 g/mol. The van der Waals surface area contributed by atoms with Gasteiger partial charge in [0.15, 0.2) is 0 Å². The lowest BCUT2D eigenvalue weighted by Crippen LogP contribution is -2.47. The molecule has 3 N–H and O–H groups in total. The fraction of sp³-hybridized carbons (Fsp3) is 0.759. The maximum atomic E-state index is 13.5. The molecule has 1 aromatic heterocycles. The first-order valence-electron chi connectivity index (χ1n) is 14.3. The average Bonchev–Trinajstić information content (AvgIpc) is 3.59. The van der Waals surface area contributed by atoms with Crippen molar-refractivity contribution in [3.05, 3.63) is 29.6 Å². The first-order chi connectivity index (χ1) is 17.6. The molecule has 4 atom stereocenters. The minimum absolute atomic E-state index is 0.0552. The van der Waals surface area contributed by atoms with E-state index in [1.165, 1.54) is 12.8 Å². The van der Waals surface area contributed by atoms with Crippen molar-refractivity contribution in [1.29, 1.82) is 0 Å². The van der Waals surface area contributed by atoms with E-state index in [9.17, 15) is 4.55 Å². The summed E-state index contributed by atoms with van der Waals surface area (Å²) in [4.78, 5) is 5.22. The van der Waals surface area contributed by atoms with E-state index in [0.717, 1.165) is 47.9 Å². The average molecular weight is 563 g/mol. The monoisotopic (exact) mass is 562 g/mol. The third-order valence-corrected chi connectivity index (χ3v) is 11.1. The highest BCUT2D eigenvalue weighted by molar-refractivity contribution is 7.90. The molecule has 1 aromatic carbocycles. The molecule has 38 heavy (non-hydrogen) atoms. The fourth-order valence-electron chi connectivity index (χ4n) is 5.22. The second kappa shape index (κ2) is 11.5. The zero-order chi connectivity index (χ0) is 27.9. The van der Waals surface area contributed by atoms with Crippen molar-refractivity contribution in [3.8, 4) is 0 Å². The van der Waals surface area contributed by atoms with Gasteiger partial charge in [-0.05, 0) is 95.9 Å². The van der Waals surface area contributed by atoms with Crippen molar-refractivity contribution in [3.63, 3.8) is 0 Å². The molecule has 2 fully saturated rings. The number of ether oxygens (including phenoxy) is 2. The van der Waals surface area contributed by atoms with Crippen LogP contribution in [0, 0.1) is 11.8 Å². The van der Waals surface area contributed by atoms with E-state index < -0.39 is 24.2 Å². The van der Waals surface area contributed by atoms with Gasteiger partial charge >= 0.3 is 0 Å². The van der Waals surface area contributed by atoms with Crippen LogP contribution in [0.2, 0.25) is 25.7 Å². The second-order valence-electron chi connectivity index (χ2n) is 14.2. The summed E-state index contributed by atoms with van der Waals surface area (Å²) in [7, 11) is -1.21. The van der Waals surface area contributed by atoms with E-state index in [-0.39, 0.29) is 23.6 Å². The van der Waals surface area contributed by atoms with Crippen LogP contribution in [0.1, 0.15) is 83.8 Å². The Morgan fingerprint density at radius 1 is 1.24 bits per heavy atom. The van der Waals surface area contributed by atoms with E-state index in [4.69, 9.17) is 20.2 Å². The number of rotatable bonds is 11. The quantitative estimate of drug-likeness (QED) is 0.196. The zero-order valence-corrected chi connectivity index (χ0v) is 26.6. The molecule has 0 amide bonds. The minimum atomic E-state index is -1.25. The summed E-state index contributed by atoms with van der Waals surface area (Å²) in [5.41, 5.74) is 9.46. The SMILES string of the molecule is CC1(C)CC(C(N[S@+]([O-])C(C)(C)C)c2nc3cc(C(N)C4CC4)ccc3n2COCC[Si](C)(C)C)CCO1. The summed E-state index contributed by atoms with van der Waals surface area (Å²) in [6.45, 7) is 19.3. The van der Waals surface area contributed by atoms with Gasteiger partial charge in [-0.15, -0.1) is 4.72 Å². The Bertz CT molecular complexity index is 1090. The van der Waals surface area contributed by atoms with E-state index in [1.807, 2.05) is 20.8 Å². The molecule has 7 nitrogen and oxygen atoms in total. The van der Waals surface area contributed by atoms with Crippen molar-refractivity contribution < 1.29 is 14.0 Å². The van der Waals surface area contributed by atoms with E-state index in [2.05, 4.69) is 61.0 Å². The third-order valence-electron chi connectivity index (χ3n) is 7.81. The van der Waals surface area contributed by atoms with Crippen LogP contribution >= 0.6 is 0 Å². The van der Waals surface area contributed by atoms with Crippen LogP contribution in [0.15, 0.2) is 18.2 Å². The number of aromatic nitrogens is 2. The van der Waals surface area contributed by atoms with Crippen molar-refractivity contribution in [2.24, 2.45) is 17.6 Å². The number of hydrogen-bond acceptors (Lipinski definition) is 6. The highest BCUT2D eigenvalue weighted by Gasteiger charge is 2.41. The molecule has 214 valence electrons. The van der Waals surface area contributed by atoms with Gasteiger partial charge in [0.05, 0.1) is 16.6 Å². The van der Waals surface area contributed by atoms with Crippen molar-refractivity contribution in [2.75, 3.05) is 13.2 Å². The fourth-order valence-corrected chi connectivity index (χ4v) is 6.86. The molecule has 0 radical (unpaired) electrons. The number of nitrogens with two attached hydrogens (primary N) is 1. The molecule has 0 spiro atoms. The molecule has 0 bridgehead atoms. The minimum Gasteiger partial charge on any atom is -0.598 e. The number of imidazole rings is 1. The number of fused-ring (bicyclic) bond motifs is 1. The molecule has 2 aromatic rings. The number of benzene rings is 1. The standard InChI is InChI=1S/C29H50N4O3SSi/c1-28(2,3)37(34)32-26(22-13-14-36-29(4,5)18-22)27-31-23-17-21(25(30)20-9-10-20)11-12-24(23)33(27)19-35-15-16-38(6,7)8/h11-12,17,20,22,25-26,32H,9-10,13-16,18-19,30H2,1-8H3/t22?,25?,26?,37-/m1/s1. The summed E-state index contributed by atoms with van der Waals surface area (Å²) >= 11 is -1.25.